The first-order valence-corrected chi connectivity index (χ1v) is 5.83. The zero-order valence-corrected chi connectivity index (χ0v) is 10.0. The van der Waals surface area contributed by atoms with Gasteiger partial charge in [-0.1, -0.05) is 29.5 Å². The van der Waals surface area contributed by atoms with Crippen LogP contribution in [-0.2, 0) is 0 Å². The third kappa shape index (κ3) is 2.61. The van der Waals surface area contributed by atoms with E-state index in [-0.39, 0.29) is 0 Å². The number of pyridine rings is 1. The molecule has 2 rings (SSSR count). The van der Waals surface area contributed by atoms with Gasteiger partial charge in [0.1, 0.15) is 0 Å². The predicted octanol–water partition coefficient (Wildman–Crippen LogP) is 3.99. The molecule has 1 aromatic heterocycles. The molecule has 0 aliphatic heterocycles. The van der Waals surface area contributed by atoms with Gasteiger partial charge in [0.25, 0.3) is 0 Å². The molecule has 2 aromatic rings. The fourth-order valence-corrected chi connectivity index (χ4v) is 2.38. The highest BCUT2D eigenvalue weighted by Gasteiger charge is 2.02. The largest absolute Gasteiger partial charge is 0.228 e. The normalized spacial score (nSPS) is 10.4. The molecule has 0 spiro atoms. The van der Waals surface area contributed by atoms with E-state index in [2.05, 4.69) is 37.0 Å². The second kappa shape index (κ2) is 4.66. The van der Waals surface area contributed by atoms with Crippen LogP contribution in [0.3, 0.4) is 0 Å². The molecule has 0 unspecified atom stereocenters. The van der Waals surface area contributed by atoms with Gasteiger partial charge >= 0.3 is 0 Å². The number of halogens is 1. The molecule has 0 saturated heterocycles. The van der Waals surface area contributed by atoms with Gasteiger partial charge in [-0.2, -0.15) is 4.39 Å². The second-order valence-electron chi connectivity index (χ2n) is 3.69. The van der Waals surface area contributed by atoms with E-state index in [0.29, 0.717) is 0 Å². The maximum atomic E-state index is 12.9. The van der Waals surface area contributed by atoms with Crippen molar-refractivity contribution >= 4 is 11.8 Å². The number of benzene rings is 1. The van der Waals surface area contributed by atoms with Crippen LogP contribution in [0.2, 0.25) is 0 Å². The van der Waals surface area contributed by atoms with E-state index in [4.69, 9.17) is 0 Å². The van der Waals surface area contributed by atoms with Gasteiger partial charge in [0.15, 0.2) is 0 Å². The van der Waals surface area contributed by atoms with E-state index in [0.717, 1.165) is 9.79 Å². The molecule has 0 aliphatic carbocycles. The molecular weight excluding hydrogens is 221 g/mol. The van der Waals surface area contributed by atoms with E-state index in [1.165, 1.54) is 23.4 Å². The summed E-state index contributed by atoms with van der Waals surface area (Å²) in [5, 5.41) is 0. The van der Waals surface area contributed by atoms with Crippen molar-refractivity contribution in [3.05, 3.63) is 53.6 Å². The van der Waals surface area contributed by atoms with E-state index >= 15 is 0 Å². The highest BCUT2D eigenvalue weighted by molar-refractivity contribution is 7.99. The maximum absolute atomic E-state index is 12.9. The Bertz CT molecular complexity index is 511. The monoisotopic (exact) mass is 233 g/mol. The van der Waals surface area contributed by atoms with Gasteiger partial charge in [-0.05, 0) is 31.5 Å². The molecule has 0 fully saturated rings. The lowest BCUT2D eigenvalue weighted by atomic mass is 10.2. The molecule has 0 atom stereocenters. The minimum Gasteiger partial charge on any atom is -0.228 e. The maximum Gasteiger partial charge on any atom is 0.213 e. The van der Waals surface area contributed by atoms with Crippen LogP contribution in [0.25, 0.3) is 0 Å². The zero-order valence-electron chi connectivity index (χ0n) is 9.20. The quantitative estimate of drug-likeness (QED) is 0.727. The lowest BCUT2D eigenvalue weighted by molar-refractivity contribution is 0.579. The Labute approximate surface area is 98.7 Å². The summed E-state index contributed by atoms with van der Waals surface area (Å²) in [5.41, 5.74) is 2.45. The highest BCUT2D eigenvalue weighted by Crippen LogP contribution is 2.30. The summed E-state index contributed by atoms with van der Waals surface area (Å²) in [6.45, 7) is 4.13. The summed E-state index contributed by atoms with van der Waals surface area (Å²) >= 11 is 1.56. The summed E-state index contributed by atoms with van der Waals surface area (Å²) in [6, 6.07) is 9.51. The van der Waals surface area contributed by atoms with Crippen molar-refractivity contribution in [2.75, 3.05) is 0 Å². The first-order valence-electron chi connectivity index (χ1n) is 5.02. The fourth-order valence-electron chi connectivity index (χ4n) is 1.49. The molecular formula is C13H12FNS. The molecule has 1 nitrogen and oxygen atoms in total. The van der Waals surface area contributed by atoms with Gasteiger partial charge in [-0.15, -0.1) is 0 Å². The van der Waals surface area contributed by atoms with Crippen molar-refractivity contribution in [1.29, 1.82) is 0 Å². The lowest BCUT2D eigenvalue weighted by Crippen LogP contribution is -1.84. The van der Waals surface area contributed by atoms with Crippen LogP contribution < -0.4 is 0 Å². The summed E-state index contributed by atoms with van der Waals surface area (Å²) in [4.78, 5) is 5.56. The third-order valence-electron chi connectivity index (χ3n) is 2.26. The average Bonchev–Trinajstić information content (AvgIpc) is 2.22. The molecule has 16 heavy (non-hydrogen) atoms. The first kappa shape index (κ1) is 11.1. The van der Waals surface area contributed by atoms with Crippen LogP contribution in [0, 0.1) is 19.8 Å². The van der Waals surface area contributed by atoms with E-state index in [9.17, 15) is 4.39 Å². The number of rotatable bonds is 2. The van der Waals surface area contributed by atoms with Crippen molar-refractivity contribution in [2.24, 2.45) is 0 Å². The van der Waals surface area contributed by atoms with E-state index in [1.54, 1.807) is 11.8 Å². The Morgan fingerprint density at radius 2 is 1.94 bits per heavy atom. The minimum atomic E-state index is -0.435. The standard InChI is InChI=1S/C13H12FNS/c1-9-3-4-12(10(2)7-9)16-11-5-6-15-13(14)8-11/h3-8H,1-2H3. The van der Waals surface area contributed by atoms with E-state index in [1.807, 2.05) is 6.07 Å². The SMILES string of the molecule is Cc1ccc(Sc2ccnc(F)c2)c(C)c1. The zero-order chi connectivity index (χ0) is 11.5. The van der Waals surface area contributed by atoms with Crippen LogP contribution in [0.15, 0.2) is 46.3 Å². The average molecular weight is 233 g/mol. The van der Waals surface area contributed by atoms with Gasteiger partial charge in [-0.25, -0.2) is 4.98 Å². The molecule has 0 radical (unpaired) electrons. The Balaban J connectivity index is 2.27. The van der Waals surface area contributed by atoms with Crippen molar-refractivity contribution in [2.45, 2.75) is 23.6 Å². The third-order valence-corrected chi connectivity index (χ3v) is 3.42. The Kier molecular flexibility index (Phi) is 3.25. The first-order chi connectivity index (χ1) is 7.65. The smallest absolute Gasteiger partial charge is 0.213 e. The number of hydrogen-bond donors (Lipinski definition) is 0. The van der Waals surface area contributed by atoms with E-state index < -0.39 is 5.95 Å². The number of hydrogen-bond acceptors (Lipinski definition) is 2. The van der Waals surface area contributed by atoms with Gasteiger partial charge in [0.2, 0.25) is 5.95 Å². The van der Waals surface area contributed by atoms with Gasteiger partial charge < -0.3 is 0 Å². The Morgan fingerprint density at radius 3 is 2.62 bits per heavy atom. The number of aromatic nitrogens is 1. The fraction of sp³-hybridized carbons (Fsp3) is 0.154. The van der Waals surface area contributed by atoms with Gasteiger partial charge in [-0.3, -0.25) is 0 Å². The molecule has 0 bridgehead atoms. The summed E-state index contributed by atoms with van der Waals surface area (Å²) in [5.74, 6) is -0.435. The molecule has 0 N–H and O–H groups in total. The number of aryl methyl sites for hydroxylation is 2. The second-order valence-corrected chi connectivity index (χ2v) is 4.80. The Morgan fingerprint density at radius 1 is 1.12 bits per heavy atom. The molecule has 0 amide bonds. The van der Waals surface area contributed by atoms with Gasteiger partial charge in [0, 0.05) is 22.1 Å². The van der Waals surface area contributed by atoms with Crippen LogP contribution in [-0.4, -0.2) is 4.98 Å². The van der Waals surface area contributed by atoms with Gasteiger partial charge in [0.05, 0.1) is 0 Å². The van der Waals surface area contributed by atoms with Crippen molar-refractivity contribution in [1.82, 2.24) is 4.98 Å². The molecule has 82 valence electrons. The molecule has 0 aliphatic rings. The van der Waals surface area contributed by atoms with Crippen LogP contribution in [0.5, 0.6) is 0 Å². The van der Waals surface area contributed by atoms with Crippen LogP contribution >= 0.6 is 11.8 Å². The molecule has 1 heterocycles. The van der Waals surface area contributed by atoms with Crippen molar-refractivity contribution < 1.29 is 4.39 Å². The minimum absolute atomic E-state index is 0.435. The molecule has 0 saturated carbocycles. The van der Waals surface area contributed by atoms with Crippen LogP contribution in [0.4, 0.5) is 4.39 Å². The lowest BCUT2D eigenvalue weighted by Gasteiger charge is -2.06. The Hall–Kier alpha value is -1.35. The summed E-state index contributed by atoms with van der Waals surface area (Å²) < 4.78 is 12.9. The molecule has 3 heteroatoms. The van der Waals surface area contributed by atoms with Crippen molar-refractivity contribution in [3.8, 4) is 0 Å². The summed E-state index contributed by atoms with van der Waals surface area (Å²) in [6.07, 6.45) is 1.49. The van der Waals surface area contributed by atoms with Crippen molar-refractivity contribution in [3.63, 3.8) is 0 Å². The number of nitrogens with zero attached hydrogens (tertiary/aromatic N) is 1. The topological polar surface area (TPSA) is 12.9 Å². The predicted molar refractivity (Wildman–Crippen MR) is 64.2 cm³/mol. The summed E-state index contributed by atoms with van der Waals surface area (Å²) in [7, 11) is 0. The highest BCUT2D eigenvalue weighted by atomic mass is 32.2. The molecule has 1 aromatic carbocycles. The van der Waals surface area contributed by atoms with Crippen LogP contribution in [0.1, 0.15) is 11.1 Å².